The fraction of sp³-hybridized carbons (Fsp3) is 0.222. The van der Waals surface area contributed by atoms with E-state index < -0.39 is 0 Å². The van der Waals surface area contributed by atoms with Crippen LogP contribution in [-0.4, -0.2) is 0 Å². The van der Waals surface area contributed by atoms with Crippen molar-refractivity contribution in [2.24, 2.45) is 0 Å². The van der Waals surface area contributed by atoms with E-state index in [1.807, 2.05) is 26.0 Å². The minimum Gasteiger partial charge on any atom is -0.413 e. The molecule has 0 spiro atoms. The molecule has 0 amide bonds. The summed E-state index contributed by atoms with van der Waals surface area (Å²) in [6.45, 7) is 3.99. The van der Waals surface area contributed by atoms with Crippen LogP contribution in [-0.2, 0) is 0 Å². The Morgan fingerprint density at radius 1 is 1.17 bits per heavy atom. The number of hydrogen-bond donors (Lipinski definition) is 0. The maximum Gasteiger partial charge on any atom is 0.363 e. The molecular weight excluding hydrogens is 172 g/mol. The molecule has 62 valence electrons. The Balaban J connectivity index is 2.97. The zero-order valence-corrected chi connectivity index (χ0v) is 7.70. The first-order valence-corrected chi connectivity index (χ1v) is 4.08. The number of benzene rings is 1. The Morgan fingerprint density at radius 3 is 2.67 bits per heavy atom. The van der Waals surface area contributed by atoms with Crippen molar-refractivity contribution in [2.75, 3.05) is 0 Å². The number of aryl methyl sites for hydroxylation is 2. The predicted octanol–water partition coefficient (Wildman–Crippen LogP) is 3.37. The smallest absolute Gasteiger partial charge is 0.363 e. The molecule has 0 radical (unpaired) electrons. The molecule has 0 N–H and O–H groups in total. The first kappa shape index (κ1) is 7.55. The van der Waals surface area contributed by atoms with E-state index in [1.165, 1.54) is 0 Å². The van der Waals surface area contributed by atoms with Crippen molar-refractivity contribution < 1.29 is 8.83 Å². The molecule has 0 saturated heterocycles. The standard InChI is InChI=1S/C9H8O2S/c1-5-3-6(2)8-7(4-5)10-9(12)11-8/h3-4H,1-2H3. The average molecular weight is 180 g/mol. The van der Waals surface area contributed by atoms with Gasteiger partial charge in [0, 0.05) is 12.2 Å². The predicted molar refractivity (Wildman–Crippen MR) is 48.8 cm³/mol. The molecule has 12 heavy (non-hydrogen) atoms. The molecule has 0 aliphatic rings. The van der Waals surface area contributed by atoms with Gasteiger partial charge in [-0.2, -0.15) is 0 Å². The molecule has 0 fully saturated rings. The lowest BCUT2D eigenvalue weighted by Gasteiger charge is -1.93. The molecule has 1 heterocycles. The number of rotatable bonds is 0. The largest absolute Gasteiger partial charge is 0.413 e. The van der Waals surface area contributed by atoms with Gasteiger partial charge >= 0.3 is 4.90 Å². The Kier molecular flexibility index (Phi) is 1.54. The van der Waals surface area contributed by atoms with Crippen molar-refractivity contribution in [2.45, 2.75) is 13.8 Å². The minimum atomic E-state index is 0.193. The Bertz CT molecular complexity index is 479. The lowest BCUT2D eigenvalue weighted by Crippen LogP contribution is -1.76. The first-order chi connectivity index (χ1) is 5.66. The molecule has 0 bridgehead atoms. The molecule has 0 aliphatic heterocycles. The van der Waals surface area contributed by atoms with Gasteiger partial charge in [-0.05, 0) is 31.0 Å². The number of hydrogen-bond acceptors (Lipinski definition) is 3. The Labute approximate surface area is 74.8 Å². The summed E-state index contributed by atoms with van der Waals surface area (Å²) in [5.41, 5.74) is 3.70. The van der Waals surface area contributed by atoms with Crippen LogP contribution in [0.2, 0.25) is 0 Å². The lowest BCUT2D eigenvalue weighted by atomic mass is 10.1. The van der Waals surface area contributed by atoms with Gasteiger partial charge in [0.1, 0.15) is 0 Å². The summed E-state index contributed by atoms with van der Waals surface area (Å²) < 4.78 is 10.4. The van der Waals surface area contributed by atoms with Gasteiger partial charge < -0.3 is 8.83 Å². The SMILES string of the molecule is Cc1cc(C)c2oc(=S)oc2c1. The second-order valence-corrected chi connectivity index (χ2v) is 3.20. The van der Waals surface area contributed by atoms with Crippen LogP contribution in [0.15, 0.2) is 21.0 Å². The molecule has 1 aromatic carbocycles. The molecule has 1 aromatic heterocycles. The van der Waals surface area contributed by atoms with Gasteiger partial charge in [-0.25, -0.2) is 0 Å². The van der Waals surface area contributed by atoms with Gasteiger partial charge in [0.15, 0.2) is 11.2 Å². The third kappa shape index (κ3) is 1.06. The maximum atomic E-state index is 5.20. The molecule has 0 atom stereocenters. The fourth-order valence-electron chi connectivity index (χ4n) is 1.32. The van der Waals surface area contributed by atoms with E-state index >= 15 is 0 Å². The van der Waals surface area contributed by atoms with E-state index in [0.717, 1.165) is 22.3 Å². The van der Waals surface area contributed by atoms with Gasteiger partial charge in [-0.15, -0.1) is 0 Å². The number of fused-ring (bicyclic) bond motifs is 1. The van der Waals surface area contributed by atoms with E-state index in [0.29, 0.717) is 0 Å². The molecule has 2 aromatic rings. The Morgan fingerprint density at radius 2 is 1.92 bits per heavy atom. The fourth-order valence-corrected chi connectivity index (χ4v) is 1.49. The van der Waals surface area contributed by atoms with Crippen molar-refractivity contribution in [1.29, 1.82) is 0 Å². The van der Waals surface area contributed by atoms with Crippen LogP contribution in [0.25, 0.3) is 11.2 Å². The van der Waals surface area contributed by atoms with Crippen LogP contribution in [0.5, 0.6) is 0 Å². The van der Waals surface area contributed by atoms with Crippen molar-refractivity contribution in [3.05, 3.63) is 28.2 Å². The molecule has 3 heteroatoms. The van der Waals surface area contributed by atoms with Crippen LogP contribution in [0.4, 0.5) is 0 Å². The highest BCUT2D eigenvalue weighted by atomic mass is 32.1. The third-order valence-electron chi connectivity index (χ3n) is 1.76. The van der Waals surface area contributed by atoms with Crippen molar-refractivity contribution in [1.82, 2.24) is 0 Å². The minimum absolute atomic E-state index is 0.193. The molecular formula is C9H8O2S. The van der Waals surface area contributed by atoms with E-state index in [1.54, 1.807) is 0 Å². The van der Waals surface area contributed by atoms with Crippen LogP contribution >= 0.6 is 12.2 Å². The maximum absolute atomic E-state index is 5.20. The van der Waals surface area contributed by atoms with Gasteiger partial charge in [0.05, 0.1) is 0 Å². The summed E-state index contributed by atoms with van der Waals surface area (Å²) in [4.78, 5) is 0.193. The summed E-state index contributed by atoms with van der Waals surface area (Å²) in [7, 11) is 0. The van der Waals surface area contributed by atoms with Crippen LogP contribution < -0.4 is 0 Å². The van der Waals surface area contributed by atoms with E-state index in [-0.39, 0.29) is 4.90 Å². The molecule has 2 nitrogen and oxygen atoms in total. The highest BCUT2D eigenvalue weighted by Gasteiger charge is 2.04. The van der Waals surface area contributed by atoms with Gasteiger partial charge in [0.2, 0.25) is 0 Å². The summed E-state index contributed by atoms with van der Waals surface area (Å²) >= 11 is 4.78. The van der Waals surface area contributed by atoms with Crippen LogP contribution in [0.1, 0.15) is 11.1 Å². The van der Waals surface area contributed by atoms with E-state index in [9.17, 15) is 0 Å². The van der Waals surface area contributed by atoms with Crippen molar-refractivity contribution in [3.8, 4) is 0 Å². The van der Waals surface area contributed by atoms with Crippen molar-refractivity contribution >= 4 is 23.4 Å². The van der Waals surface area contributed by atoms with E-state index in [4.69, 9.17) is 21.1 Å². The second kappa shape index (κ2) is 2.45. The summed E-state index contributed by atoms with van der Waals surface area (Å²) in [6, 6.07) is 3.96. The molecule has 2 rings (SSSR count). The summed E-state index contributed by atoms with van der Waals surface area (Å²) in [5, 5.41) is 0. The van der Waals surface area contributed by atoms with Crippen LogP contribution in [0, 0.1) is 18.8 Å². The highest BCUT2D eigenvalue weighted by molar-refractivity contribution is 7.71. The van der Waals surface area contributed by atoms with Gasteiger partial charge in [0.25, 0.3) is 0 Å². The summed E-state index contributed by atoms with van der Waals surface area (Å²) in [5.74, 6) is 0. The monoisotopic (exact) mass is 180 g/mol. The molecule has 0 aliphatic carbocycles. The van der Waals surface area contributed by atoms with Crippen molar-refractivity contribution in [3.63, 3.8) is 0 Å². The zero-order chi connectivity index (χ0) is 8.72. The normalized spacial score (nSPS) is 10.8. The lowest BCUT2D eigenvalue weighted by molar-refractivity contribution is 0.443. The first-order valence-electron chi connectivity index (χ1n) is 3.68. The average Bonchev–Trinajstić information content (AvgIpc) is 2.29. The van der Waals surface area contributed by atoms with Gasteiger partial charge in [-0.1, -0.05) is 6.07 Å². The second-order valence-electron chi connectivity index (χ2n) is 2.86. The molecule has 0 unspecified atom stereocenters. The topological polar surface area (TPSA) is 26.3 Å². The highest BCUT2D eigenvalue weighted by Crippen LogP contribution is 2.22. The third-order valence-corrected chi connectivity index (χ3v) is 1.93. The summed E-state index contributed by atoms with van der Waals surface area (Å²) in [6.07, 6.45) is 0. The van der Waals surface area contributed by atoms with Gasteiger partial charge in [-0.3, -0.25) is 0 Å². The zero-order valence-electron chi connectivity index (χ0n) is 6.88. The Hall–Kier alpha value is -1.09. The quantitative estimate of drug-likeness (QED) is 0.581. The van der Waals surface area contributed by atoms with Crippen LogP contribution in [0.3, 0.4) is 0 Å². The van der Waals surface area contributed by atoms with E-state index in [2.05, 4.69) is 0 Å². The molecule has 0 saturated carbocycles.